The summed E-state index contributed by atoms with van der Waals surface area (Å²) >= 11 is 0. The van der Waals surface area contributed by atoms with E-state index in [0.29, 0.717) is 0 Å². The molecule has 2 unspecified atom stereocenters. The molecule has 46 valence electrons. The van der Waals surface area contributed by atoms with Gasteiger partial charge in [-0.15, -0.1) is 0 Å². The zero-order chi connectivity index (χ0) is 5.40. The van der Waals surface area contributed by atoms with Crippen molar-refractivity contribution in [2.45, 2.75) is 12.5 Å². The highest BCUT2D eigenvalue weighted by Crippen LogP contribution is 2.48. The highest BCUT2D eigenvalue weighted by atomic mass is 31.2. The van der Waals surface area contributed by atoms with Crippen molar-refractivity contribution in [2.24, 2.45) is 0 Å². The van der Waals surface area contributed by atoms with Gasteiger partial charge in [0.25, 0.3) is 0 Å². The summed E-state index contributed by atoms with van der Waals surface area (Å²) in [6, 6.07) is 0. The van der Waals surface area contributed by atoms with Crippen LogP contribution in [0.1, 0.15) is 6.42 Å². The second-order valence-electron chi connectivity index (χ2n) is 1.93. The van der Waals surface area contributed by atoms with Gasteiger partial charge in [-0.25, -0.2) is 4.89 Å². The van der Waals surface area contributed by atoms with E-state index in [1.54, 1.807) is 0 Å². The summed E-state index contributed by atoms with van der Waals surface area (Å²) in [6.07, 6.45) is 2.40. The summed E-state index contributed by atoms with van der Waals surface area (Å²) in [4.78, 5) is 4.88. The van der Waals surface area contributed by atoms with E-state index >= 15 is 0 Å². The topological polar surface area (TPSA) is 27.7 Å². The molecule has 4 heteroatoms. The number of fused-ring (bicyclic) bond motifs is 3. The molecule has 0 aromatic heterocycles. The summed E-state index contributed by atoms with van der Waals surface area (Å²) in [6.45, 7) is 0.742. The van der Waals surface area contributed by atoms with Gasteiger partial charge in [0.05, 0.1) is 6.61 Å². The van der Waals surface area contributed by atoms with Crippen LogP contribution in [-0.4, -0.2) is 18.9 Å². The lowest BCUT2D eigenvalue weighted by Gasteiger charge is -2.32. The van der Waals surface area contributed by atoms with E-state index in [1.807, 2.05) is 0 Å². The van der Waals surface area contributed by atoms with Gasteiger partial charge in [-0.05, 0) is 6.42 Å². The molecule has 0 radical (unpaired) electrons. The average molecular weight is 134 g/mol. The lowest BCUT2D eigenvalue weighted by Crippen LogP contribution is -2.30. The van der Waals surface area contributed by atoms with E-state index in [1.165, 1.54) is 0 Å². The number of hydrogen-bond acceptors (Lipinski definition) is 3. The third kappa shape index (κ3) is 0.759. The van der Waals surface area contributed by atoms with Crippen LogP contribution in [0.25, 0.3) is 0 Å². The molecule has 3 aliphatic rings. The fourth-order valence-corrected chi connectivity index (χ4v) is 2.10. The first-order chi connectivity index (χ1) is 3.95. The lowest BCUT2D eigenvalue weighted by atomic mass is 10.3. The second-order valence-corrected chi connectivity index (χ2v) is 3.45. The number of rotatable bonds is 0. The standard InChI is InChI=1S/C4H7O3P/c1-2-8-5-3-4(1)6-7-8/h4H,1-3H2. The van der Waals surface area contributed by atoms with Gasteiger partial charge in [-0.2, -0.15) is 4.67 Å². The van der Waals surface area contributed by atoms with Crippen LogP contribution in [0.15, 0.2) is 0 Å². The summed E-state index contributed by atoms with van der Waals surface area (Å²) in [5, 5.41) is 0. The van der Waals surface area contributed by atoms with E-state index in [2.05, 4.69) is 0 Å². The fraction of sp³-hybridized carbons (Fsp3) is 1.00. The Balaban J connectivity index is 2.03. The lowest BCUT2D eigenvalue weighted by molar-refractivity contribution is -0.281. The Morgan fingerprint density at radius 1 is 1.50 bits per heavy atom. The van der Waals surface area contributed by atoms with Crippen LogP contribution in [0, 0.1) is 0 Å². The van der Waals surface area contributed by atoms with Crippen molar-refractivity contribution in [1.82, 2.24) is 0 Å². The first-order valence-corrected chi connectivity index (χ1v) is 4.05. The maximum atomic E-state index is 5.19. The second kappa shape index (κ2) is 1.92. The van der Waals surface area contributed by atoms with Gasteiger partial charge >= 0.3 is 0 Å². The van der Waals surface area contributed by atoms with Gasteiger partial charge in [0, 0.05) is 6.16 Å². The molecule has 0 aliphatic carbocycles. The Labute approximate surface area is 48.8 Å². The Bertz CT molecular complexity index is 66.3. The van der Waals surface area contributed by atoms with Crippen LogP contribution in [0.3, 0.4) is 0 Å². The van der Waals surface area contributed by atoms with Gasteiger partial charge < -0.3 is 4.52 Å². The SMILES string of the molecule is C1CP2OCC1OO2. The van der Waals surface area contributed by atoms with E-state index in [-0.39, 0.29) is 6.10 Å². The van der Waals surface area contributed by atoms with Crippen LogP contribution in [-0.2, 0) is 14.1 Å². The molecule has 3 aliphatic heterocycles. The van der Waals surface area contributed by atoms with Crippen molar-refractivity contribution in [3.63, 3.8) is 0 Å². The normalized spacial score (nSPS) is 45.0. The van der Waals surface area contributed by atoms with Gasteiger partial charge in [-0.3, -0.25) is 0 Å². The average Bonchev–Trinajstić information content (AvgIpc) is 1.92. The first kappa shape index (κ1) is 5.12. The van der Waals surface area contributed by atoms with Crippen molar-refractivity contribution >= 4 is 8.38 Å². The van der Waals surface area contributed by atoms with Gasteiger partial charge in [-0.1, -0.05) is 0 Å². The molecule has 8 heavy (non-hydrogen) atoms. The smallest absolute Gasteiger partial charge is 0.209 e. The Hall–Kier alpha value is 0.310. The fourth-order valence-electron chi connectivity index (χ4n) is 0.807. The largest absolute Gasteiger partial charge is 0.329 e. The number of hydrogen-bond donors (Lipinski definition) is 0. The Kier molecular flexibility index (Phi) is 1.23. The van der Waals surface area contributed by atoms with Crippen LogP contribution < -0.4 is 0 Å². The predicted octanol–water partition coefficient (Wildman–Crippen LogP) is 1.05. The van der Waals surface area contributed by atoms with E-state index in [0.717, 1.165) is 19.2 Å². The highest BCUT2D eigenvalue weighted by molar-refractivity contribution is 7.47. The predicted molar refractivity (Wildman–Crippen MR) is 28.3 cm³/mol. The molecule has 0 N–H and O–H groups in total. The van der Waals surface area contributed by atoms with Crippen molar-refractivity contribution in [2.75, 3.05) is 12.8 Å². The molecule has 3 fully saturated rings. The molecule has 0 amide bonds. The van der Waals surface area contributed by atoms with E-state index < -0.39 is 8.38 Å². The highest BCUT2D eigenvalue weighted by Gasteiger charge is 2.31. The van der Waals surface area contributed by atoms with Crippen LogP contribution in [0.2, 0.25) is 0 Å². The van der Waals surface area contributed by atoms with E-state index in [9.17, 15) is 0 Å². The molecule has 0 saturated carbocycles. The Morgan fingerprint density at radius 3 is 2.62 bits per heavy atom. The molecule has 3 nitrogen and oxygen atoms in total. The summed E-state index contributed by atoms with van der Waals surface area (Å²) < 4.78 is 10.0. The molecule has 0 spiro atoms. The summed E-state index contributed by atoms with van der Waals surface area (Å²) in [5.74, 6) is 0. The zero-order valence-corrected chi connectivity index (χ0v) is 5.27. The molecule has 0 aromatic rings. The van der Waals surface area contributed by atoms with E-state index in [4.69, 9.17) is 14.1 Å². The minimum Gasteiger partial charge on any atom is -0.329 e. The maximum absolute atomic E-state index is 5.19. The first-order valence-electron chi connectivity index (χ1n) is 2.69. The Morgan fingerprint density at radius 2 is 2.50 bits per heavy atom. The van der Waals surface area contributed by atoms with Gasteiger partial charge in [0.15, 0.2) is 0 Å². The minimum atomic E-state index is -0.626. The van der Waals surface area contributed by atoms with Crippen molar-refractivity contribution in [3.8, 4) is 0 Å². The summed E-state index contributed by atoms with van der Waals surface area (Å²) in [7, 11) is -0.626. The molecule has 2 atom stereocenters. The van der Waals surface area contributed by atoms with Crippen LogP contribution in [0.4, 0.5) is 0 Å². The minimum absolute atomic E-state index is 0.225. The molecule has 3 heterocycles. The van der Waals surface area contributed by atoms with Crippen LogP contribution >= 0.6 is 8.38 Å². The van der Waals surface area contributed by atoms with Crippen molar-refractivity contribution in [1.29, 1.82) is 0 Å². The van der Waals surface area contributed by atoms with Gasteiger partial charge in [0.1, 0.15) is 6.10 Å². The molecular weight excluding hydrogens is 127 g/mol. The third-order valence-corrected chi connectivity index (χ3v) is 2.61. The van der Waals surface area contributed by atoms with Gasteiger partial charge in [0.2, 0.25) is 8.38 Å². The third-order valence-electron chi connectivity index (χ3n) is 1.30. The quantitative estimate of drug-likeness (QED) is 0.366. The molecule has 3 saturated heterocycles. The van der Waals surface area contributed by atoms with Crippen molar-refractivity contribution in [3.05, 3.63) is 0 Å². The maximum Gasteiger partial charge on any atom is 0.209 e. The van der Waals surface area contributed by atoms with Crippen molar-refractivity contribution < 1.29 is 14.1 Å². The monoisotopic (exact) mass is 134 g/mol. The molecule has 3 rings (SSSR count). The molecular formula is C4H7O3P. The molecule has 2 bridgehead atoms. The zero-order valence-electron chi connectivity index (χ0n) is 4.37. The molecule has 0 aromatic carbocycles. The summed E-state index contributed by atoms with van der Waals surface area (Å²) in [5.41, 5.74) is 0. The van der Waals surface area contributed by atoms with Crippen LogP contribution in [0.5, 0.6) is 0 Å².